The Bertz CT molecular complexity index is 763. The van der Waals surface area contributed by atoms with Gasteiger partial charge >= 0.3 is 0 Å². The molecule has 1 amide bonds. The van der Waals surface area contributed by atoms with Gasteiger partial charge < -0.3 is 15.0 Å². The van der Waals surface area contributed by atoms with Crippen molar-refractivity contribution < 1.29 is 9.53 Å². The molecule has 0 bridgehead atoms. The minimum absolute atomic E-state index is 0.127. The highest BCUT2D eigenvalue weighted by atomic mass is 16.5. The van der Waals surface area contributed by atoms with Crippen molar-refractivity contribution in [2.24, 2.45) is 7.05 Å². The highest BCUT2D eigenvalue weighted by molar-refractivity contribution is 5.96. The molecule has 0 spiro atoms. The lowest BCUT2D eigenvalue weighted by atomic mass is 10.0. The molecule has 3 rings (SSSR count). The van der Waals surface area contributed by atoms with Crippen LogP contribution in [0.3, 0.4) is 0 Å². The van der Waals surface area contributed by atoms with Crippen LogP contribution in [0.4, 0.5) is 0 Å². The van der Waals surface area contributed by atoms with Gasteiger partial charge in [0.15, 0.2) is 5.69 Å². The highest BCUT2D eigenvalue weighted by Gasteiger charge is 2.27. The second kappa shape index (κ2) is 8.36. The molecule has 2 heterocycles. The number of hydrogen-bond acceptors (Lipinski definition) is 4. The van der Waals surface area contributed by atoms with E-state index in [1.54, 1.807) is 4.68 Å². The third kappa shape index (κ3) is 3.75. The van der Waals surface area contributed by atoms with Crippen molar-refractivity contribution in [2.45, 2.75) is 33.3 Å². The summed E-state index contributed by atoms with van der Waals surface area (Å²) >= 11 is 0. The lowest BCUT2D eigenvalue weighted by Crippen LogP contribution is -2.36. The van der Waals surface area contributed by atoms with Gasteiger partial charge in [0.1, 0.15) is 12.4 Å². The molecule has 0 fully saturated rings. The molecule has 1 aromatic heterocycles. The summed E-state index contributed by atoms with van der Waals surface area (Å²) in [5, 5.41) is 7.49. The Labute approximate surface area is 155 Å². The third-order valence-electron chi connectivity index (χ3n) is 4.67. The van der Waals surface area contributed by atoms with Crippen molar-refractivity contribution in [3.05, 3.63) is 35.5 Å². The molecule has 0 radical (unpaired) electrons. The maximum Gasteiger partial charge on any atom is 0.272 e. The molecule has 0 unspecified atom stereocenters. The van der Waals surface area contributed by atoms with Gasteiger partial charge in [0.25, 0.3) is 5.91 Å². The second-order valence-electron chi connectivity index (χ2n) is 6.68. The van der Waals surface area contributed by atoms with E-state index in [-0.39, 0.29) is 5.91 Å². The van der Waals surface area contributed by atoms with Crippen LogP contribution in [0.1, 0.15) is 42.7 Å². The Kier molecular flexibility index (Phi) is 5.93. The quantitative estimate of drug-likeness (QED) is 0.790. The van der Waals surface area contributed by atoms with Gasteiger partial charge in [-0.15, -0.1) is 0 Å². The van der Waals surface area contributed by atoms with Crippen LogP contribution in [0.25, 0.3) is 11.3 Å². The summed E-state index contributed by atoms with van der Waals surface area (Å²) in [5.74, 6) is 0.711. The number of amides is 1. The Morgan fingerprint density at radius 3 is 2.69 bits per heavy atom. The molecule has 140 valence electrons. The zero-order valence-corrected chi connectivity index (χ0v) is 15.9. The van der Waals surface area contributed by atoms with E-state index in [2.05, 4.69) is 29.2 Å². The fraction of sp³-hybridized carbons (Fsp3) is 0.500. The Morgan fingerprint density at radius 1 is 1.23 bits per heavy atom. The number of ether oxygens (including phenoxy) is 1. The summed E-state index contributed by atoms with van der Waals surface area (Å²) in [6.45, 7) is 8.35. The van der Waals surface area contributed by atoms with Crippen LogP contribution >= 0.6 is 0 Å². The monoisotopic (exact) mass is 356 g/mol. The van der Waals surface area contributed by atoms with E-state index in [0.717, 1.165) is 55.0 Å². The minimum atomic E-state index is -0.127. The Morgan fingerprint density at radius 2 is 1.96 bits per heavy atom. The molecule has 1 aliphatic rings. The van der Waals surface area contributed by atoms with Gasteiger partial charge in [-0.05, 0) is 38.1 Å². The predicted molar refractivity (Wildman–Crippen MR) is 102 cm³/mol. The first-order valence-electron chi connectivity index (χ1n) is 9.44. The number of para-hydroxylation sites is 1. The van der Waals surface area contributed by atoms with Gasteiger partial charge in [-0.1, -0.05) is 26.0 Å². The van der Waals surface area contributed by atoms with Crippen LogP contribution in [0.15, 0.2) is 24.3 Å². The molecule has 1 N–H and O–H groups in total. The summed E-state index contributed by atoms with van der Waals surface area (Å²) in [6.07, 6.45) is 2.25. The van der Waals surface area contributed by atoms with Gasteiger partial charge in [-0.25, -0.2) is 0 Å². The average Bonchev–Trinajstić information content (AvgIpc) is 2.99. The maximum absolute atomic E-state index is 12.7. The van der Waals surface area contributed by atoms with Crippen LogP contribution in [0.2, 0.25) is 0 Å². The van der Waals surface area contributed by atoms with E-state index < -0.39 is 0 Å². The van der Waals surface area contributed by atoms with E-state index in [1.807, 2.05) is 31.3 Å². The number of hydrogen-bond donors (Lipinski definition) is 1. The number of aromatic nitrogens is 2. The summed E-state index contributed by atoms with van der Waals surface area (Å²) in [6, 6.07) is 7.87. The normalized spacial score (nSPS) is 12.5. The smallest absolute Gasteiger partial charge is 0.272 e. The van der Waals surface area contributed by atoms with Crippen molar-refractivity contribution in [1.82, 2.24) is 20.0 Å². The van der Waals surface area contributed by atoms with Crippen molar-refractivity contribution in [3.63, 3.8) is 0 Å². The van der Waals surface area contributed by atoms with Crippen LogP contribution in [-0.2, 0) is 13.7 Å². The molecule has 0 atom stereocenters. The molecular weight excluding hydrogens is 328 g/mol. The summed E-state index contributed by atoms with van der Waals surface area (Å²) in [4.78, 5) is 15.1. The van der Waals surface area contributed by atoms with Gasteiger partial charge in [0.2, 0.25) is 0 Å². The van der Waals surface area contributed by atoms with Gasteiger partial charge in [-0.3, -0.25) is 9.48 Å². The maximum atomic E-state index is 12.7. The molecule has 0 aliphatic carbocycles. The van der Waals surface area contributed by atoms with E-state index in [0.29, 0.717) is 18.8 Å². The van der Waals surface area contributed by atoms with Crippen LogP contribution in [0.5, 0.6) is 5.75 Å². The zero-order chi connectivity index (χ0) is 18.5. The molecule has 0 saturated heterocycles. The van der Waals surface area contributed by atoms with Crippen molar-refractivity contribution >= 4 is 5.91 Å². The Balaban J connectivity index is 1.70. The number of fused-ring (bicyclic) bond motifs is 3. The fourth-order valence-corrected chi connectivity index (χ4v) is 3.54. The SMILES string of the molecule is CCCN(CCC)CCNC(=O)c1nn(C)c2c1COc1ccccc1-2. The van der Waals surface area contributed by atoms with E-state index in [9.17, 15) is 4.79 Å². The molecule has 1 aliphatic heterocycles. The Hall–Kier alpha value is -2.34. The largest absolute Gasteiger partial charge is 0.488 e. The molecule has 6 heteroatoms. The summed E-state index contributed by atoms with van der Waals surface area (Å²) in [7, 11) is 1.88. The second-order valence-corrected chi connectivity index (χ2v) is 6.68. The lowest BCUT2D eigenvalue weighted by Gasteiger charge is -2.21. The first kappa shape index (κ1) is 18.5. The number of nitrogens with zero attached hydrogens (tertiary/aromatic N) is 3. The van der Waals surface area contributed by atoms with Gasteiger partial charge in [0, 0.05) is 31.3 Å². The number of rotatable bonds is 8. The molecule has 2 aromatic rings. The van der Waals surface area contributed by atoms with Crippen molar-refractivity contribution in [3.8, 4) is 17.0 Å². The standard InChI is InChI=1S/C20H28N4O2/c1-4-11-24(12-5-2)13-10-21-20(25)18-16-14-26-17-9-7-6-8-15(17)19(16)23(3)22-18/h6-9H,4-5,10-14H2,1-3H3,(H,21,25). The average molecular weight is 356 g/mol. The zero-order valence-electron chi connectivity index (χ0n) is 15.9. The predicted octanol–water partition coefficient (Wildman–Crippen LogP) is 2.83. The topological polar surface area (TPSA) is 59.4 Å². The fourth-order valence-electron chi connectivity index (χ4n) is 3.54. The van der Waals surface area contributed by atoms with Crippen LogP contribution in [0, 0.1) is 0 Å². The highest BCUT2D eigenvalue weighted by Crippen LogP contribution is 2.38. The first-order chi connectivity index (χ1) is 12.7. The number of carbonyl (C=O) groups is 1. The molecule has 0 saturated carbocycles. The van der Waals surface area contributed by atoms with Gasteiger partial charge in [0.05, 0.1) is 5.69 Å². The molecule has 1 aromatic carbocycles. The summed E-state index contributed by atoms with van der Waals surface area (Å²) < 4.78 is 7.60. The van der Waals surface area contributed by atoms with Gasteiger partial charge in [-0.2, -0.15) is 5.10 Å². The third-order valence-corrected chi connectivity index (χ3v) is 4.67. The molecular formula is C20H28N4O2. The lowest BCUT2D eigenvalue weighted by molar-refractivity contribution is 0.0940. The number of nitrogens with one attached hydrogen (secondary N) is 1. The van der Waals surface area contributed by atoms with Crippen LogP contribution < -0.4 is 10.1 Å². The van der Waals surface area contributed by atoms with E-state index >= 15 is 0 Å². The number of carbonyl (C=O) groups excluding carboxylic acids is 1. The van der Waals surface area contributed by atoms with Crippen molar-refractivity contribution in [1.29, 1.82) is 0 Å². The molecule has 6 nitrogen and oxygen atoms in total. The number of benzene rings is 1. The van der Waals surface area contributed by atoms with E-state index in [1.165, 1.54) is 0 Å². The number of aryl methyl sites for hydroxylation is 1. The van der Waals surface area contributed by atoms with Crippen molar-refractivity contribution in [2.75, 3.05) is 26.2 Å². The first-order valence-corrected chi connectivity index (χ1v) is 9.44. The molecule has 26 heavy (non-hydrogen) atoms. The van der Waals surface area contributed by atoms with Crippen LogP contribution in [-0.4, -0.2) is 46.8 Å². The van der Waals surface area contributed by atoms with E-state index in [4.69, 9.17) is 4.74 Å². The minimum Gasteiger partial charge on any atom is -0.488 e. The summed E-state index contributed by atoms with van der Waals surface area (Å²) in [5.41, 5.74) is 3.28.